The van der Waals surface area contributed by atoms with Crippen LogP contribution in [-0.4, -0.2) is 61.7 Å². The van der Waals surface area contributed by atoms with Crippen molar-refractivity contribution < 1.29 is 19.1 Å². The predicted octanol–water partition coefficient (Wildman–Crippen LogP) is 3.32. The zero-order valence-electron chi connectivity index (χ0n) is 23.9. The first-order chi connectivity index (χ1) is 20.0. The fourth-order valence-corrected chi connectivity index (χ4v) is 6.40. The van der Waals surface area contributed by atoms with E-state index >= 15 is 0 Å². The molecule has 41 heavy (non-hydrogen) atoms. The van der Waals surface area contributed by atoms with E-state index in [4.69, 9.17) is 14.5 Å². The van der Waals surface area contributed by atoms with Gasteiger partial charge in [-0.05, 0) is 49.5 Å². The number of likely N-dealkylation sites (tertiary alicyclic amines) is 1. The van der Waals surface area contributed by atoms with E-state index in [1.54, 1.807) is 14.2 Å². The molecule has 1 fully saturated rings. The number of aromatic nitrogens is 1. The van der Waals surface area contributed by atoms with Crippen molar-refractivity contribution in [2.24, 2.45) is 23.9 Å². The lowest BCUT2D eigenvalue weighted by Crippen LogP contribution is -2.38. The highest BCUT2D eigenvalue weighted by Crippen LogP contribution is 2.36. The Labute approximate surface area is 239 Å². The van der Waals surface area contributed by atoms with Gasteiger partial charge in [0.05, 0.1) is 35.9 Å². The molecular weight excluding hydrogens is 516 g/mol. The summed E-state index contributed by atoms with van der Waals surface area (Å²) >= 11 is 0. The Morgan fingerprint density at radius 1 is 1.02 bits per heavy atom. The third-order valence-corrected chi connectivity index (χ3v) is 8.46. The maximum Gasteiger partial charge on any atom is 0.256 e. The molecule has 1 unspecified atom stereocenters. The van der Waals surface area contributed by atoms with Gasteiger partial charge in [0, 0.05) is 67.6 Å². The lowest BCUT2D eigenvalue weighted by Gasteiger charge is -2.33. The second-order valence-electron chi connectivity index (χ2n) is 11.0. The summed E-state index contributed by atoms with van der Waals surface area (Å²) in [7, 11) is 5.28. The maximum atomic E-state index is 13.4. The predicted molar refractivity (Wildman–Crippen MR) is 158 cm³/mol. The van der Waals surface area contributed by atoms with Crippen molar-refractivity contribution in [3.05, 3.63) is 94.0 Å². The average molecular weight is 553 g/mol. The molecule has 2 aliphatic heterocycles. The van der Waals surface area contributed by atoms with Crippen molar-refractivity contribution in [1.29, 1.82) is 0 Å². The van der Waals surface area contributed by atoms with Crippen LogP contribution in [0.1, 0.15) is 40.0 Å². The first-order valence-corrected chi connectivity index (χ1v) is 14.3. The molecule has 3 heterocycles. The fourth-order valence-electron chi connectivity index (χ4n) is 6.40. The highest BCUT2D eigenvalue weighted by molar-refractivity contribution is 6.07. The largest absolute Gasteiger partial charge is 0.496 e. The van der Waals surface area contributed by atoms with Crippen molar-refractivity contribution in [2.75, 3.05) is 40.5 Å². The summed E-state index contributed by atoms with van der Waals surface area (Å²) in [5.74, 6) is 1.40. The Morgan fingerprint density at radius 2 is 1.83 bits per heavy atom. The molecule has 1 saturated heterocycles. The van der Waals surface area contributed by atoms with Crippen LogP contribution >= 0.6 is 0 Å². The number of nitrogens with one attached hydrogen (secondary N) is 1. The van der Waals surface area contributed by atoms with Gasteiger partial charge in [-0.1, -0.05) is 30.3 Å². The molecule has 3 aliphatic rings. The van der Waals surface area contributed by atoms with Crippen LogP contribution in [0.5, 0.6) is 0 Å². The molecule has 0 spiro atoms. The van der Waals surface area contributed by atoms with Crippen molar-refractivity contribution in [3.8, 4) is 0 Å². The standard InChI is InChI=1S/C33H36N4O4/c1-36-20-25(23-7-4-5-10-28(23)36)33(39)37-14-11-21(12-15-37)17-22-18-27-31(29(19-22)41-3)30-24(8-6-9-26(30)35-27)32(38)34-13-16-40-2/h4-10,18-22H,11-17H2,1-3H3,(H,34,38). The molecule has 2 amide bonds. The molecule has 0 radical (unpaired) electrons. The maximum absolute atomic E-state index is 13.4. The van der Waals surface area contributed by atoms with Gasteiger partial charge in [-0.15, -0.1) is 0 Å². The lowest BCUT2D eigenvalue weighted by molar-refractivity contribution is 0.0685. The Morgan fingerprint density at radius 3 is 2.61 bits per heavy atom. The quantitative estimate of drug-likeness (QED) is 0.435. The monoisotopic (exact) mass is 552 g/mol. The molecule has 1 aliphatic carbocycles. The van der Waals surface area contributed by atoms with E-state index in [0.29, 0.717) is 24.6 Å². The number of fused-ring (bicyclic) bond motifs is 3. The van der Waals surface area contributed by atoms with Crippen molar-refractivity contribution in [1.82, 2.24) is 14.8 Å². The average Bonchev–Trinajstić information content (AvgIpc) is 3.54. The van der Waals surface area contributed by atoms with Crippen molar-refractivity contribution in [3.63, 3.8) is 0 Å². The number of rotatable bonds is 8. The lowest BCUT2D eigenvalue weighted by atomic mass is 9.83. The Bertz CT molecular complexity index is 1690. The fraction of sp³-hybridized carbons (Fsp3) is 0.364. The van der Waals surface area contributed by atoms with Crippen LogP contribution in [0.4, 0.5) is 0 Å². The first-order valence-electron chi connectivity index (χ1n) is 14.3. The normalized spacial score (nSPS) is 18.4. The summed E-state index contributed by atoms with van der Waals surface area (Å²) < 4.78 is 13.0. The van der Waals surface area contributed by atoms with E-state index < -0.39 is 0 Å². The zero-order valence-corrected chi connectivity index (χ0v) is 23.9. The smallest absolute Gasteiger partial charge is 0.256 e. The molecule has 3 aromatic rings. The van der Waals surface area contributed by atoms with Crippen LogP contribution in [0.15, 0.2) is 77.3 Å². The Hall–Kier alpha value is -4.17. The van der Waals surface area contributed by atoms with E-state index in [2.05, 4.69) is 23.5 Å². The zero-order chi connectivity index (χ0) is 28.5. The van der Waals surface area contributed by atoms with E-state index in [9.17, 15) is 9.59 Å². The van der Waals surface area contributed by atoms with E-state index in [1.807, 2.05) is 59.1 Å². The third kappa shape index (κ3) is 5.08. The van der Waals surface area contributed by atoms with E-state index in [0.717, 1.165) is 76.4 Å². The number of carbonyl (C=O) groups is 2. The third-order valence-electron chi connectivity index (χ3n) is 8.46. The highest BCUT2D eigenvalue weighted by Gasteiger charge is 2.30. The van der Waals surface area contributed by atoms with Gasteiger partial charge in [-0.25, -0.2) is 4.99 Å². The molecular formula is C33H36N4O4. The van der Waals surface area contributed by atoms with E-state index in [1.165, 1.54) is 0 Å². The number of piperidine rings is 1. The Balaban J connectivity index is 1.16. The van der Waals surface area contributed by atoms with Crippen LogP contribution in [0.25, 0.3) is 16.5 Å². The Kier molecular flexibility index (Phi) is 7.49. The van der Waals surface area contributed by atoms with Gasteiger partial charge in [0.1, 0.15) is 5.76 Å². The van der Waals surface area contributed by atoms with Gasteiger partial charge in [0.15, 0.2) is 0 Å². The summed E-state index contributed by atoms with van der Waals surface area (Å²) in [6, 6.07) is 13.7. The van der Waals surface area contributed by atoms with Gasteiger partial charge < -0.3 is 24.3 Å². The molecule has 1 aromatic heterocycles. The van der Waals surface area contributed by atoms with Gasteiger partial charge in [-0.2, -0.15) is 0 Å². The summed E-state index contributed by atoms with van der Waals surface area (Å²) in [4.78, 5) is 33.3. The highest BCUT2D eigenvalue weighted by atomic mass is 16.5. The van der Waals surface area contributed by atoms with Crippen molar-refractivity contribution >= 4 is 28.3 Å². The number of carbonyl (C=O) groups excluding carboxylic acids is 2. The minimum Gasteiger partial charge on any atom is -0.496 e. The minimum atomic E-state index is -0.148. The number of hydrogen-bond donors (Lipinski definition) is 1. The van der Waals surface area contributed by atoms with Crippen LogP contribution in [0.3, 0.4) is 0 Å². The molecule has 212 valence electrons. The molecule has 1 atom stereocenters. The molecule has 1 N–H and O–H groups in total. The molecule has 8 nitrogen and oxygen atoms in total. The molecule has 0 bridgehead atoms. The van der Waals surface area contributed by atoms with Gasteiger partial charge in [0.25, 0.3) is 11.8 Å². The van der Waals surface area contributed by atoms with Gasteiger partial charge in [-0.3, -0.25) is 9.59 Å². The second-order valence-corrected chi connectivity index (χ2v) is 11.0. The topological polar surface area (TPSA) is 85.2 Å². The molecule has 6 rings (SSSR count). The summed E-state index contributed by atoms with van der Waals surface area (Å²) in [6.07, 6.45) is 9.22. The first kappa shape index (κ1) is 27.0. The number of ether oxygens (including phenoxy) is 2. The van der Waals surface area contributed by atoms with E-state index in [-0.39, 0.29) is 17.7 Å². The van der Waals surface area contributed by atoms with Crippen LogP contribution < -0.4 is 15.9 Å². The second kappa shape index (κ2) is 11.4. The minimum absolute atomic E-state index is 0.116. The SMILES string of the molecule is COCCNC(=O)c1cccc2c1=C1C(=CC(CC3CCN(C(=O)c4cn(C)c5ccccc45)CC3)C=C1OC)N=2. The summed E-state index contributed by atoms with van der Waals surface area (Å²) in [5.41, 5.74) is 4.19. The van der Waals surface area contributed by atoms with Crippen molar-refractivity contribution in [2.45, 2.75) is 19.3 Å². The molecule has 8 heteroatoms. The van der Waals surface area contributed by atoms with Gasteiger partial charge >= 0.3 is 0 Å². The number of amides is 2. The number of aryl methyl sites for hydroxylation is 1. The molecule has 0 saturated carbocycles. The number of methoxy groups -OCH3 is 2. The van der Waals surface area contributed by atoms with Crippen LogP contribution in [-0.2, 0) is 16.5 Å². The number of nitrogens with zero attached hydrogens (tertiary/aromatic N) is 3. The summed E-state index contributed by atoms with van der Waals surface area (Å²) in [5, 5.41) is 5.54. The number of hydrogen-bond acceptors (Lipinski definition) is 5. The summed E-state index contributed by atoms with van der Waals surface area (Å²) in [6.45, 7) is 2.40. The van der Waals surface area contributed by atoms with Crippen LogP contribution in [0.2, 0.25) is 0 Å². The number of para-hydroxylation sites is 1. The molecule has 2 aromatic carbocycles. The number of benzene rings is 2. The van der Waals surface area contributed by atoms with Crippen LogP contribution in [0, 0.1) is 11.8 Å². The number of allylic oxidation sites excluding steroid dienone is 2. The van der Waals surface area contributed by atoms with Gasteiger partial charge in [0.2, 0.25) is 0 Å².